The van der Waals surface area contributed by atoms with Crippen molar-refractivity contribution in [3.63, 3.8) is 0 Å². The third-order valence-electron chi connectivity index (χ3n) is 3.22. The SMILES string of the molecule is COc1cc(C)c(C)cc1C1CC(N)C(=O)O1. The van der Waals surface area contributed by atoms with Crippen LogP contribution in [0.25, 0.3) is 0 Å². The monoisotopic (exact) mass is 235 g/mol. The summed E-state index contributed by atoms with van der Waals surface area (Å²) in [6, 6.07) is 3.44. The van der Waals surface area contributed by atoms with Crippen LogP contribution in [0.3, 0.4) is 0 Å². The smallest absolute Gasteiger partial charge is 0.323 e. The van der Waals surface area contributed by atoms with Gasteiger partial charge in [-0.15, -0.1) is 0 Å². The van der Waals surface area contributed by atoms with Crippen molar-refractivity contribution in [2.75, 3.05) is 7.11 Å². The highest BCUT2D eigenvalue weighted by Gasteiger charge is 2.34. The summed E-state index contributed by atoms with van der Waals surface area (Å²) in [5.74, 6) is 0.412. The number of rotatable bonds is 2. The molecule has 0 aromatic heterocycles. The molecule has 1 saturated heterocycles. The molecule has 0 bridgehead atoms. The molecular formula is C13H17NO3. The zero-order valence-corrected chi connectivity index (χ0v) is 10.3. The van der Waals surface area contributed by atoms with Crippen LogP contribution in [-0.2, 0) is 9.53 Å². The molecule has 92 valence electrons. The fraction of sp³-hybridized carbons (Fsp3) is 0.462. The maximum Gasteiger partial charge on any atom is 0.323 e. The van der Waals surface area contributed by atoms with E-state index in [4.69, 9.17) is 15.2 Å². The number of nitrogens with two attached hydrogens (primary N) is 1. The van der Waals surface area contributed by atoms with Crippen molar-refractivity contribution in [1.82, 2.24) is 0 Å². The van der Waals surface area contributed by atoms with Crippen LogP contribution < -0.4 is 10.5 Å². The average Bonchev–Trinajstić information content (AvgIpc) is 2.62. The summed E-state index contributed by atoms with van der Waals surface area (Å²) in [5, 5.41) is 0. The highest BCUT2D eigenvalue weighted by molar-refractivity contribution is 5.78. The van der Waals surface area contributed by atoms with Crippen molar-refractivity contribution in [1.29, 1.82) is 0 Å². The van der Waals surface area contributed by atoms with Gasteiger partial charge in [-0.25, -0.2) is 0 Å². The van der Waals surface area contributed by atoms with Gasteiger partial charge in [0.25, 0.3) is 0 Å². The fourth-order valence-corrected chi connectivity index (χ4v) is 2.03. The minimum absolute atomic E-state index is 0.285. The van der Waals surface area contributed by atoms with Crippen LogP contribution in [0.2, 0.25) is 0 Å². The molecule has 1 aromatic carbocycles. The van der Waals surface area contributed by atoms with Gasteiger partial charge in [0, 0.05) is 12.0 Å². The van der Waals surface area contributed by atoms with Gasteiger partial charge in [0.1, 0.15) is 17.9 Å². The molecule has 17 heavy (non-hydrogen) atoms. The first-order chi connectivity index (χ1) is 8.02. The molecule has 2 atom stereocenters. The number of methoxy groups -OCH3 is 1. The Morgan fingerprint density at radius 2 is 2.00 bits per heavy atom. The Morgan fingerprint density at radius 3 is 2.53 bits per heavy atom. The van der Waals surface area contributed by atoms with Gasteiger partial charge >= 0.3 is 5.97 Å². The van der Waals surface area contributed by atoms with Crippen molar-refractivity contribution in [2.24, 2.45) is 5.73 Å². The highest BCUT2D eigenvalue weighted by atomic mass is 16.6. The molecule has 1 fully saturated rings. The number of ether oxygens (including phenoxy) is 2. The number of aryl methyl sites for hydroxylation is 2. The third-order valence-corrected chi connectivity index (χ3v) is 3.22. The second kappa shape index (κ2) is 4.37. The maximum atomic E-state index is 11.3. The van der Waals surface area contributed by atoms with E-state index in [0.717, 1.165) is 22.4 Å². The summed E-state index contributed by atoms with van der Waals surface area (Å²) in [6.07, 6.45) is 0.226. The van der Waals surface area contributed by atoms with Gasteiger partial charge < -0.3 is 15.2 Å². The van der Waals surface area contributed by atoms with E-state index in [-0.39, 0.29) is 12.1 Å². The van der Waals surface area contributed by atoms with E-state index in [1.807, 2.05) is 26.0 Å². The van der Waals surface area contributed by atoms with E-state index in [9.17, 15) is 4.79 Å². The number of hydrogen-bond acceptors (Lipinski definition) is 4. The molecule has 4 heteroatoms. The molecule has 4 nitrogen and oxygen atoms in total. The zero-order chi connectivity index (χ0) is 12.6. The van der Waals surface area contributed by atoms with Gasteiger partial charge in [0.2, 0.25) is 0 Å². The molecule has 0 aliphatic carbocycles. The number of cyclic esters (lactones) is 1. The van der Waals surface area contributed by atoms with Crippen LogP contribution in [0.1, 0.15) is 29.2 Å². The molecule has 2 unspecified atom stereocenters. The highest BCUT2D eigenvalue weighted by Crippen LogP contribution is 2.36. The predicted octanol–water partition coefficient (Wildman–Crippen LogP) is 1.63. The van der Waals surface area contributed by atoms with Gasteiger partial charge in [-0.3, -0.25) is 4.79 Å². The second-order valence-corrected chi connectivity index (χ2v) is 4.45. The number of hydrogen-bond donors (Lipinski definition) is 1. The fourth-order valence-electron chi connectivity index (χ4n) is 2.03. The Morgan fingerprint density at radius 1 is 1.35 bits per heavy atom. The van der Waals surface area contributed by atoms with Gasteiger partial charge in [-0.2, -0.15) is 0 Å². The second-order valence-electron chi connectivity index (χ2n) is 4.45. The lowest BCUT2D eigenvalue weighted by Gasteiger charge is -2.16. The molecule has 0 radical (unpaired) electrons. The summed E-state index contributed by atoms with van der Waals surface area (Å²) < 4.78 is 10.6. The molecule has 0 saturated carbocycles. The molecule has 1 aliphatic heterocycles. The largest absolute Gasteiger partial charge is 0.496 e. The molecule has 0 amide bonds. The molecular weight excluding hydrogens is 218 g/mol. The zero-order valence-electron chi connectivity index (χ0n) is 10.3. The standard InChI is InChI=1S/C13H17NO3/c1-7-4-9(11(16-3)5-8(7)2)12-6-10(14)13(15)17-12/h4-5,10,12H,6,14H2,1-3H3. The molecule has 0 spiro atoms. The van der Waals surface area contributed by atoms with E-state index < -0.39 is 6.04 Å². The van der Waals surface area contributed by atoms with Crippen molar-refractivity contribution in [3.8, 4) is 5.75 Å². The lowest BCUT2D eigenvalue weighted by molar-refractivity contribution is -0.142. The van der Waals surface area contributed by atoms with Crippen LogP contribution in [0.15, 0.2) is 12.1 Å². The number of esters is 1. The normalized spacial score (nSPS) is 23.6. The number of carbonyl (C=O) groups is 1. The predicted molar refractivity (Wildman–Crippen MR) is 63.9 cm³/mol. The number of carbonyl (C=O) groups excluding carboxylic acids is 1. The number of benzene rings is 1. The Hall–Kier alpha value is -1.55. The van der Waals surface area contributed by atoms with E-state index in [2.05, 4.69) is 0 Å². The summed E-state index contributed by atoms with van der Waals surface area (Å²) in [4.78, 5) is 11.3. The minimum Gasteiger partial charge on any atom is -0.496 e. The Labute approximate surface area is 101 Å². The van der Waals surface area contributed by atoms with Crippen molar-refractivity contribution in [3.05, 3.63) is 28.8 Å². The summed E-state index contributed by atoms with van der Waals surface area (Å²) >= 11 is 0. The summed E-state index contributed by atoms with van der Waals surface area (Å²) in [5.41, 5.74) is 8.85. The van der Waals surface area contributed by atoms with E-state index in [1.54, 1.807) is 7.11 Å². The van der Waals surface area contributed by atoms with Crippen LogP contribution >= 0.6 is 0 Å². The Balaban J connectivity index is 2.38. The van der Waals surface area contributed by atoms with Gasteiger partial charge in [0.05, 0.1) is 7.11 Å². The Bertz CT molecular complexity index is 456. The van der Waals surface area contributed by atoms with Crippen molar-refractivity contribution in [2.45, 2.75) is 32.4 Å². The van der Waals surface area contributed by atoms with Gasteiger partial charge in [-0.05, 0) is 37.1 Å². The molecule has 1 aromatic rings. The summed E-state index contributed by atoms with van der Waals surface area (Å²) in [6.45, 7) is 4.04. The van der Waals surface area contributed by atoms with Crippen LogP contribution in [0.5, 0.6) is 5.75 Å². The van der Waals surface area contributed by atoms with Crippen LogP contribution in [0.4, 0.5) is 0 Å². The maximum absolute atomic E-state index is 11.3. The third kappa shape index (κ3) is 2.13. The summed E-state index contributed by atoms with van der Waals surface area (Å²) in [7, 11) is 1.62. The van der Waals surface area contributed by atoms with Crippen LogP contribution in [-0.4, -0.2) is 19.1 Å². The quantitative estimate of drug-likeness (QED) is 0.791. The van der Waals surface area contributed by atoms with E-state index in [0.29, 0.717) is 6.42 Å². The van der Waals surface area contributed by atoms with E-state index >= 15 is 0 Å². The average molecular weight is 235 g/mol. The lowest BCUT2D eigenvalue weighted by Crippen LogP contribution is -2.24. The van der Waals surface area contributed by atoms with Crippen molar-refractivity contribution >= 4 is 5.97 Å². The molecule has 2 N–H and O–H groups in total. The van der Waals surface area contributed by atoms with Gasteiger partial charge in [0.15, 0.2) is 0 Å². The van der Waals surface area contributed by atoms with Gasteiger partial charge in [-0.1, -0.05) is 0 Å². The molecule has 1 aliphatic rings. The lowest BCUT2D eigenvalue weighted by atomic mass is 9.99. The minimum atomic E-state index is -0.522. The van der Waals surface area contributed by atoms with Crippen LogP contribution in [0, 0.1) is 13.8 Å². The molecule has 2 rings (SSSR count). The Kier molecular flexibility index (Phi) is 3.07. The molecule has 1 heterocycles. The topological polar surface area (TPSA) is 61.5 Å². The first-order valence-electron chi connectivity index (χ1n) is 5.64. The van der Waals surface area contributed by atoms with E-state index in [1.165, 1.54) is 0 Å². The first-order valence-corrected chi connectivity index (χ1v) is 5.64. The van der Waals surface area contributed by atoms with Crippen molar-refractivity contribution < 1.29 is 14.3 Å². The first kappa shape index (κ1) is 11.9.